The van der Waals surface area contributed by atoms with Crippen molar-refractivity contribution in [1.82, 2.24) is 4.90 Å². The summed E-state index contributed by atoms with van der Waals surface area (Å²) in [7, 11) is 0. The number of guanidine groups is 1. The van der Waals surface area contributed by atoms with Crippen molar-refractivity contribution in [3.63, 3.8) is 0 Å². The van der Waals surface area contributed by atoms with Gasteiger partial charge in [0, 0.05) is 6.04 Å². The summed E-state index contributed by atoms with van der Waals surface area (Å²) in [5, 5.41) is 0. The summed E-state index contributed by atoms with van der Waals surface area (Å²) < 4.78 is 0. The molecule has 3 heteroatoms. The molecule has 0 saturated carbocycles. The van der Waals surface area contributed by atoms with E-state index in [1.807, 2.05) is 0 Å². The highest BCUT2D eigenvalue weighted by molar-refractivity contribution is 5.81. The van der Waals surface area contributed by atoms with Crippen molar-refractivity contribution in [2.24, 2.45) is 16.6 Å². The number of hydrogen-bond acceptors (Lipinski definition) is 3. The van der Waals surface area contributed by atoms with Crippen molar-refractivity contribution in [1.29, 1.82) is 0 Å². The Morgan fingerprint density at radius 2 is 1.86 bits per heavy atom. The van der Waals surface area contributed by atoms with Crippen molar-refractivity contribution >= 4 is 5.96 Å². The normalized spacial score (nSPS) is 23.5. The van der Waals surface area contributed by atoms with E-state index in [0.717, 1.165) is 19.4 Å². The second-order valence-corrected chi connectivity index (χ2v) is 6.87. The van der Waals surface area contributed by atoms with Crippen LogP contribution < -0.4 is 5.73 Å². The van der Waals surface area contributed by atoms with E-state index in [4.69, 9.17) is 5.73 Å². The fourth-order valence-corrected chi connectivity index (χ4v) is 3.24. The summed E-state index contributed by atoms with van der Waals surface area (Å²) in [6.07, 6.45) is 2.20. The van der Waals surface area contributed by atoms with Gasteiger partial charge in [-0.1, -0.05) is 45.0 Å². The lowest BCUT2D eigenvalue weighted by Gasteiger charge is -2.40. The lowest BCUT2D eigenvalue weighted by Crippen LogP contribution is -2.51. The number of rotatable bonds is 5. The Morgan fingerprint density at radius 3 is 2.38 bits per heavy atom. The third-order valence-corrected chi connectivity index (χ3v) is 4.58. The number of benzene rings is 1. The Balaban J connectivity index is 2.27. The minimum absolute atomic E-state index is 0.115. The predicted octanol–water partition coefficient (Wildman–Crippen LogP) is 3.53. The van der Waals surface area contributed by atoms with E-state index in [1.165, 1.54) is 11.1 Å². The maximum atomic E-state index is 6.14. The summed E-state index contributed by atoms with van der Waals surface area (Å²) in [6, 6.07) is 9.41. The molecule has 0 aliphatic carbocycles. The van der Waals surface area contributed by atoms with E-state index in [1.54, 1.807) is 0 Å². The Kier molecular flexibility index (Phi) is 4.60. The van der Waals surface area contributed by atoms with E-state index in [0.29, 0.717) is 17.9 Å². The van der Waals surface area contributed by atoms with Gasteiger partial charge in [-0.3, -0.25) is 4.99 Å². The van der Waals surface area contributed by atoms with Crippen molar-refractivity contribution < 1.29 is 0 Å². The molecule has 1 heterocycles. The van der Waals surface area contributed by atoms with Crippen molar-refractivity contribution in [2.45, 2.75) is 59.0 Å². The number of nitrogens with two attached hydrogens (primary N) is 1. The van der Waals surface area contributed by atoms with Crippen LogP contribution in [0, 0.1) is 5.92 Å². The zero-order chi connectivity index (χ0) is 15.6. The molecule has 1 aliphatic rings. The lowest BCUT2D eigenvalue weighted by atomic mass is 9.88. The van der Waals surface area contributed by atoms with Crippen molar-refractivity contribution in [3.05, 3.63) is 35.4 Å². The van der Waals surface area contributed by atoms with E-state index in [9.17, 15) is 0 Å². The molecular weight excluding hydrogens is 258 g/mol. The third-order valence-electron chi connectivity index (χ3n) is 4.58. The Bertz CT molecular complexity index is 504. The highest BCUT2D eigenvalue weighted by atomic mass is 15.4. The van der Waals surface area contributed by atoms with Crippen LogP contribution >= 0.6 is 0 Å². The van der Waals surface area contributed by atoms with Crippen LogP contribution in [-0.4, -0.2) is 23.4 Å². The molecule has 0 aromatic heterocycles. The van der Waals surface area contributed by atoms with Crippen LogP contribution in [0.2, 0.25) is 0 Å². The first-order chi connectivity index (χ1) is 9.88. The van der Waals surface area contributed by atoms with Crippen LogP contribution in [0.15, 0.2) is 29.3 Å². The van der Waals surface area contributed by atoms with E-state index in [2.05, 4.69) is 68.8 Å². The molecule has 2 rings (SSSR count). The molecule has 1 aromatic carbocycles. The van der Waals surface area contributed by atoms with Crippen molar-refractivity contribution in [2.75, 3.05) is 6.54 Å². The first-order valence-electron chi connectivity index (χ1n) is 8.07. The summed E-state index contributed by atoms with van der Waals surface area (Å²) >= 11 is 0. The molecule has 0 spiro atoms. The Morgan fingerprint density at radius 1 is 1.24 bits per heavy atom. The number of aliphatic imine (C=N–C) groups is 1. The zero-order valence-corrected chi connectivity index (χ0v) is 14.1. The Hall–Kier alpha value is -1.51. The summed E-state index contributed by atoms with van der Waals surface area (Å²) in [6.45, 7) is 11.9. The van der Waals surface area contributed by atoms with E-state index >= 15 is 0 Å². The summed E-state index contributed by atoms with van der Waals surface area (Å²) in [4.78, 5) is 6.79. The molecule has 0 amide bonds. The monoisotopic (exact) mass is 287 g/mol. The van der Waals surface area contributed by atoms with Gasteiger partial charge in [-0.25, -0.2) is 0 Å². The average Bonchev–Trinajstić information content (AvgIpc) is 2.75. The molecule has 1 aromatic rings. The van der Waals surface area contributed by atoms with Gasteiger partial charge < -0.3 is 10.6 Å². The topological polar surface area (TPSA) is 41.6 Å². The highest BCUT2D eigenvalue weighted by Gasteiger charge is 2.41. The molecule has 0 radical (unpaired) electrons. The van der Waals surface area contributed by atoms with Gasteiger partial charge in [-0.2, -0.15) is 0 Å². The maximum absolute atomic E-state index is 6.14. The minimum Gasteiger partial charge on any atom is -0.370 e. The van der Waals surface area contributed by atoms with Gasteiger partial charge in [0.25, 0.3) is 0 Å². The molecule has 1 aliphatic heterocycles. The summed E-state index contributed by atoms with van der Waals surface area (Å²) in [5.41, 5.74) is 8.73. The highest BCUT2D eigenvalue weighted by Crippen LogP contribution is 2.35. The standard InChI is InChI=1S/C18H29N3/c1-6-14(4)21-17(19)20-12-18(21,5)16-9-7-15(8-10-16)11-13(2)3/h7-10,13-14H,6,11-12H2,1-5H3,(H2,19,20). The Labute approximate surface area is 129 Å². The molecule has 2 unspecified atom stereocenters. The predicted molar refractivity (Wildman–Crippen MR) is 90.4 cm³/mol. The van der Waals surface area contributed by atoms with Gasteiger partial charge in [-0.05, 0) is 43.7 Å². The molecule has 0 saturated heterocycles. The van der Waals surface area contributed by atoms with Gasteiger partial charge in [0.1, 0.15) is 0 Å². The van der Waals surface area contributed by atoms with Crippen LogP contribution in [0.5, 0.6) is 0 Å². The van der Waals surface area contributed by atoms with Crippen LogP contribution in [-0.2, 0) is 12.0 Å². The van der Waals surface area contributed by atoms with Gasteiger partial charge >= 0.3 is 0 Å². The second kappa shape index (κ2) is 6.08. The average molecular weight is 287 g/mol. The third kappa shape index (κ3) is 3.07. The maximum Gasteiger partial charge on any atom is 0.192 e. The molecule has 21 heavy (non-hydrogen) atoms. The van der Waals surface area contributed by atoms with Crippen LogP contribution in [0.1, 0.15) is 52.2 Å². The van der Waals surface area contributed by atoms with Gasteiger partial charge in [-0.15, -0.1) is 0 Å². The van der Waals surface area contributed by atoms with Crippen LogP contribution in [0.25, 0.3) is 0 Å². The molecule has 3 nitrogen and oxygen atoms in total. The lowest BCUT2D eigenvalue weighted by molar-refractivity contribution is 0.171. The fraction of sp³-hybridized carbons (Fsp3) is 0.611. The van der Waals surface area contributed by atoms with Gasteiger partial charge in [0.15, 0.2) is 5.96 Å². The SMILES string of the molecule is CCC(C)N1C(N)=NCC1(C)c1ccc(CC(C)C)cc1. The smallest absolute Gasteiger partial charge is 0.192 e. The van der Waals surface area contributed by atoms with Crippen LogP contribution in [0.3, 0.4) is 0 Å². The molecule has 0 bridgehead atoms. The second-order valence-electron chi connectivity index (χ2n) is 6.87. The minimum atomic E-state index is -0.115. The molecule has 0 fully saturated rings. The van der Waals surface area contributed by atoms with E-state index < -0.39 is 0 Å². The van der Waals surface area contributed by atoms with E-state index in [-0.39, 0.29) is 5.54 Å². The molecular formula is C18H29N3. The number of nitrogens with zero attached hydrogens (tertiary/aromatic N) is 2. The van der Waals surface area contributed by atoms with Gasteiger partial charge in [0.05, 0.1) is 12.1 Å². The first-order valence-corrected chi connectivity index (χ1v) is 8.07. The molecule has 116 valence electrons. The van der Waals surface area contributed by atoms with Crippen molar-refractivity contribution in [3.8, 4) is 0 Å². The fourth-order valence-electron chi connectivity index (χ4n) is 3.24. The quantitative estimate of drug-likeness (QED) is 0.900. The summed E-state index contributed by atoms with van der Waals surface area (Å²) in [5.74, 6) is 1.37. The molecule has 2 N–H and O–H groups in total. The zero-order valence-electron chi connectivity index (χ0n) is 14.1. The molecule has 2 atom stereocenters. The van der Waals surface area contributed by atoms with Crippen LogP contribution in [0.4, 0.5) is 0 Å². The first kappa shape index (κ1) is 15.9. The van der Waals surface area contributed by atoms with Gasteiger partial charge in [0.2, 0.25) is 0 Å². The largest absolute Gasteiger partial charge is 0.370 e. The number of hydrogen-bond donors (Lipinski definition) is 1.